The lowest BCUT2D eigenvalue weighted by molar-refractivity contribution is -0.113. The van der Waals surface area contributed by atoms with Crippen molar-refractivity contribution in [2.75, 3.05) is 15.4 Å². The molecule has 0 radical (unpaired) electrons. The Kier molecular flexibility index (Phi) is 9.48. The van der Waals surface area contributed by atoms with E-state index in [9.17, 15) is 18.0 Å². The Morgan fingerprint density at radius 2 is 1.61 bits per heavy atom. The molecule has 0 aliphatic rings. The first kappa shape index (κ1) is 31.0. The van der Waals surface area contributed by atoms with Crippen LogP contribution in [0.15, 0.2) is 113 Å². The van der Waals surface area contributed by atoms with Crippen LogP contribution >= 0.6 is 23.4 Å². The molecule has 0 atom stereocenters. The summed E-state index contributed by atoms with van der Waals surface area (Å²) in [6.45, 7) is 3.21. The number of rotatable bonds is 11. The molecule has 1 N–H and O–H groups in total. The van der Waals surface area contributed by atoms with Crippen LogP contribution in [0.4, 0.5) is 11.4 Å². The number of thioether (sulfide) groups is 1. The molecule has 0 saturated heterocycles. The number of carbonyl (C=O) groups excluding carboxylic acids is 2. The standard InChI is InChI=1S/C32H28ClN5O4S2/c1-22-11-17-29(18-12-22)44(41,42)37(28-10-6-7-25(33)19-28)20-30-35-36-32(38(30)27-8-4-3-5-9-27)43-21-31(40)34-26-15-13-24(14-16-26)23(2)39/h3-19H,20-21H2,1-2H3,(H,34,40). The number of anilines is 2. The highest BCUT2D eigenvalue weighted by atomic mass is 35.5. The number of hydrogen-bond acceptors (Lipinski definition) is 7. The zero-order chi connectivity index (χ0) is 31.3. The fraction of sp³-hybridized carbons (Fsp3) is 0.125. The zero-order valence-corrected chi connectivity index (χ0v) is 26.2. The predicted octanol–water partition coefficient (Wildman–Crippen LogP) is 6.56. The van der Waals surface area contributed by atoms with Gasteiger partial charge in [0.1, 0.15) is 0 Å². The molecule has 1 heterocycles. The molecule has 9 nitrogen and oxygen atoms in total. The molecule has 0 unspecified atom stereocenters. The Balaban J connectivity index is 1.46. The molecule has 0 bridgehead atoms. The van der Waals surface area contributed by atoms with E-state index in [0.29, 0.717) is 38.6 Å². The number of sulfonamides is 1. The van der Waals surface area contributed by atoms with Crippen molar-refractivity contribution in [3.05, 3.63) is 125 Å². The molecule has 1 amide bonds. The van der Waals surface area contributed by atoms with Crippen molar-refractivity contribution >= 4 is 56.5 Å². The molecule has 0 spiro atoms. The maximum atomic E-state index is 14.0. The van der Waals surface area contributed by atoms with Gasteiger partial charge in [-0.05, 0) is 80.6 Å². The molecule has 0 fully saturated rings. The number of para-hydroxylation sites is 1. The first-order chi connectivity index (χ1) is 21.1. The lowest BCUT2D eigenvalue weighted by Gasteiger charge is -2.25. The third-order valence-corrected chi connectivity index (χ3v) is 9.56. The average Bonchev–Trinajstić information content (AvgIpc) is 3.42. The minimum absolute atomic E-state index is 0.0130. The van der Waals surface area contributed by atoms with Crippen LogP contribution < -0.4 is 9.62 Å². The van der Waals surface area contributed by atoms with Crippen LogP contribution in [-0.4, -0.2) is 40.6 Å². The number of nitrogens with zero attached hydrogens (tertiary/aromatic N) is 4. The van der Waals surface area contributed by atoms with E-state index in [1.54, 1.807) is 77.4 Å². The highest BCUT2D eigenvalue weighted by molar-refractivity contribution is 7.99. The van der Waals surface area contributed by atoms with Gasteiger partial charge in [0.2, 0.25) is 5.91 Å². The average molecular weight is 646 g/mol. The number of carbonyl (C=O) groups is 2. The summed E-state index contributed by atoms with van der Waals surface area (Å²) in [5, 5.41) is 12.3. The van der Waals surface area contributed by atoms with E-state index in [-0.39, 0.29) is 28.9 Å². The quantitative estimate of drug-likeness (QED) is 0.128. The van der Waals surface area contributed by atoms with Crippen LogP contribution in [-0.2, 0) is 21.4 Å². The Labute approximate surface area is 264 Å². The Bertz CT molecular complexity index is 1900. The van der Waals surface area contributed by atoms with Crippen molar-refractivity contribution in [3.8, 4) is 5.69 Å². The number of benzene rings is 4. The highest BCUT2D eigenvalue weighted by Gasteiger charge is 2.28. The minimum atomic E-state index is -4.04. The topological polar surface area (TPSA) is 114 Å². The van der Waals surface area contributed by atoms with E-state index < -0.39 is 10.0 Å². The zero-order valence-electron chi connectivity index (χ0n) is 23.8. The number of Topliss-reactive ketones (excluding diaryl/α,β-unsaturated/α-hetero) is 1. The summed E-state index contributed by atoms with van der Waals surface area (Å²) in [6.07, 6.45) is 0. The molecular formula is C32H28ClN5O4S2. The highest BCUT2D eigenvalue weighted by Crippen LogP contribution is 2.30. The molecule has 12 heteroatoms. The normalized spacial score (nSPS) is 11.2. The van der Waals surface area contributed by atoms with Gasteiger partial charge in [0.15, 0.2) is 16.8 Å². The second-order valence-electron chi connectivity index (χ2n) is 9.84. The molecule has 0 aliphatic heterocycles. The Morgan fingerprint density at radius 3 is 2.27 bits per heavy atom. The molecule has 5 rings (SSSR count). The van der Waals surface area contributed by atoms with Crippen LogP contribution in [0, 0.1) is 6.92 Å². The van der Waals surface area contributed by atoms with Crippen LogP contribution in [0.25, 0.3) is 5.69 Å². The number of halogens is 1. The smallest absolute Gasteiger partial charge is 0.264 e. The van der Waals surface area contributed by atoms with E-state index in [0.717, 1.165) is 17.3 Å². The number of nitrogens with one attached hydrogen (secondary N) is 1. The third-order valence-electron chi connectivity index (χ3n) is 6.61. The summed E-state index contributed by atoms with van der Waals surface area (Å²) in [6, 6.07) is 29.1. The van der Waals surface area contributed by atoms with E-state index in [2.05, 4.69) is 15.5 Å². The number of aromatic nitrogens is 3. The van der Waals surface area contributed by atoms with Crippen LogP contribution in [0.1, 0.15) is 28.7 Å². The maximum absolute atomic E-state index is 14.0. The second-order valence-corrected chi connectivity index (χ2v) is 13.1. The van der Waals surface area contributed by atoms with Gasteiger partial charge in [-0.15, -0.1) is 10.2 Å². The minimum Gasteiger partial charge on any atom is -0.325 e. The van der Waals surface area contributed by atoms with Gasteiger partial charge in [-0.25, -0.2) is 8.42 Å². The summed E-state index contributed by atoms with van der Waals surface area (Å²) >= 11 is 7.44. The third kappa shape index (κ3) is 7.19. The second kappa shape index (κ2) is 13.5. The molecular weight excluding hydrogens is 618 g/mol. The maximum Gasteiger partial charge on any atom is 0.264 e. The van der Waals surface area contributed by atoms with Crippen LogP contribution in [0.2, 0.25) is 5.02 Å². The molecule has 44 heavy (non-hydrogen) atoms. The molecule has 224 valence electrons. The molecule has 4 aromatic carbocycles. The van der Waals surface area contributed by atoms with Gasteiger partial charge in [-0.2, -0.15) is 0 Å². The number of amides is 1. The van der Waals surface area contributed by atoms with Crippen molar-refractivity contribution in [1.29, 1.82) is 0 Å². The van der Waals surface area contributed by atoms with Crippen molar-refractivity contribution in [1.82, 2.24) is 14.8 Å². The van der Waals surface area contributed by atoms with E-state index in [1.807, 2.05) is 37.3 Å². The van der Waals surface area contributed by atoms with Crippen molar-refractivity contribution in [2.45, 2.75) is 30.4 Å². The molecule has 0 saturated carbocycles. The fourth-order valence-corrected chi connectivity index (χ4v) is 6.73. The van der Waals surface area contributed by atoms with Crippen molar-refractivity contribution < 1.29 is 18.0 Å². The van der Waals surface area contributed by atoms with Crippen LogP contribution in [0.5, 0.6) is 0 Å². The summed E-state index contributed by atoms with van der Waals surface area (Å²) in [5.74, 6) is 0.0148. The predicted molar refractivity (Wildman–Crippen MR) is 173 cm³/mol. The first-order valence-electron chi connectivity index (χ1n) is 13.5. The summed E-state index contributed by atoms with van der Waals surface area (Å²) in [5.41, 5.74) is 3.11. The summed E-state index contributed by atoms with van der Waals surface area (Å²) < 4.78 is 31.0. The van der Waals surface area contributed by atoms with Gasteiger partial charge in [-0.3, -0.25) is 18.5 Å². The summed E-state index contributed by atoms with van der Waals surface area (Å²) in [7, 11) is -4.04. The molecule has 1 aromatic heterocycles. The monoisotopic (exact) mass is 645 g/mol. The van der Waals surface area contributed by atoms with E-state index >= 15 is 0 Å². The Morgan fingerprint density at radius 1 is 0.909 bits per heavy atom. The number of hydrogen-bond donors (Lipinski definition) is 1. The largest absolute Gasteiger partial charge is 0.325 e. The number of ketones is 1. The van der Waals surface area contributed by atoms with Gasteiger partial charge in [0.25, 0.3) is 10.0 Å². The van der Waals surface area contributed by atoms with Crippen molar-refractivity contribution in [3.63, 3.8) is 0 Å². The molecule has 5 aromatic rings. The van der Waals surface area contributed by atoms with Crippen LogP contribution in [0.3, 0.4) is 0 Å². The van der Waals surface area contributed by atoms with E-state index in [1.165, 1.54) is 11.2 Å². The lowest BCUT2D eigenvalue weighted by atomic mass is 10.1. The fourth-order valence-electron chi connectivity index (χ4n) is 4.36. The van der Waals surface area contributed by atoms with Gasteiger partial charge in [0.05, 0.1) is 22.9 Å². The molecule has 0 aliphatic carbocycles. The summed E-state index contributed by atoms with van der Waals surface area (Å²) in [4.78, 5) is 24.5. The van der Waals surface area contributed by atoms with E-state index in [4.69, 9.17) is 11.6 Å². The van der Waals surface area contributed by atoms with Gasteiger partial charge < -0.3 is 5.32 Å². The first-order valence-corrected chi connectivity index (χ1v) is 16.3. The SMILES string of the molecule is CC(=O)c1ccc(NC(=O)CSc2nnc(CN(c3cccc(Cl)c3)S(=O)(=O)c3ccc(C)cc3)n2-c2ccccc2)cc1. The van der Waals surface area contributed by atoms with Gasteiger partial charge >= 0.3 is 0 Å². The van der Waals surface area contributed by atoms with Crippen molar-refractivity contribution in [2.24, 2.45) is 0 Å². The lowest BCUT2D eigenvalue weighted by Crippen LogP contribution is -2.31. The number of aryl methyl sites for hydroxylation is 1. The van der Waals surface area contributed by atoms with Gasteiger partial charge in [0, 0.05) is 22.0 Å². The Hall–Kier alpha value is -4.45. The van der Waals surface area contributed by atoms with Gasteiger partial charge in [-0.1, -0.05) is 65.3 Å².